The summed E-state index contributed by atoms with van der Waals surface area (Å²) < 4.78 is 13.4. The van der Waals surface area contributed by atoms with Crippen molar-refractivity contribution in [3.63, 3.8) is 0 Å². The van der Waals surface area contributed by atoms with Gasteiger partial charge in [-0.2, -0.15) is 0 Å². The van der Waals surface area contributed by atoms with Gasteiger partial charge in [-0.25, -0.2) is 9.37 Å². The standard InChI is InChI=1S/C13H13FN4S/c1-8-17-11(7-19-8)12-6-16-13(15)18(12)10-4-2-3-9(14)5-10/h2-5,7,12H,6H2,1H3,(H2,15,16). The monoisotopic (exact) mass is 276 g/mol. The molecule has 0 radical (unpaired) electrons. The number of aryl methyl sites for hydroxylation is 1. The van der Waals surface area contributed by atoms with Gasteiger partial charge in [-0.05, 0) is 25.1 Å². The van der Waals surface area contributed by atoms with E-state index in [0.29, 0.717) is 18.2 Å². The van der Waals surface area contributed by atoms with Crippen LogP contribution in [0.25, 0.3) is 0 Å². The van der Waals surface area contributed by atoms with E-state index in [1.54, 1.807) is 17.4 Å². The van der Waals surface area contributed by atoms with Gasteiger partial charge in [0.2, 0.25) is 0 Å². The van der Waals surface area contributed by atoms with Crippen LogP contribution in [0.4, 0.5) is 10.1 Å². The Morgan fingerprint density at radius 2 is 2.32 bits per heavy atom. The molecular formula is C13H13FN4S. The quantitative estimate of drug-likeness (QED) is 0.916. The molecular weight excluding hydrogens is 263 g/mol. The molecule has 0 saturated heterocycles. The van der Waals surface area contributed by atoms with Gasteiger partial charge in [-0.15, -0.1) is 11.3 Å². The zero-order valence-electron chi connectivity index (χ0n) is 10.4. The molecule has 4 nitrogen and oxygen atoms in total. The number of rotatable bonds is 2. The Bertz CT molecular complexity index is 637. The molecule has 1 aliphatic heterocycles. The van der Waals surface area contributed by atoms with Crippen molar-refractivity contribution in [3.8, 4) is 0 Å². The Labute approximate surface area is 114 Å². The van der Waals surface area contributed by atoms with E-state index in [2.05, 4.69) is 9.98 Å². The van der Waals surface area contributed by atoms with Gasteiger partial charge in [0.25, 0.3) is 0 Å². The Morgan fingerprint density at radius 3 is 3.00 bits per heavy atom. The number of aliphatic imine (C=N–C) groups is 1. The molecule has 6 heteroatoms. The molecule has 1 aliphatic rings. The second kappa shape index (κ2) is 4.62. The molecule has 1 unspecified atom stereocenters. The van der Waals surface area contributed by atoms with Gasteiger partial charge in [0.05, 0.1) is 23.3 Å². The highest BCUT2D eigenvalue weighted by atomic mass is 32.1. The third-order valence-corrected chi connectivity index (χ3v) is 3.84. The zero-order valence-corrected chi connectivity index (χ0v) is 11.2. The van der Waals surface area contributed by atoms with Crippen LogP contribution in [0.15, 0.2) is 34.6 Å². The molecule has 1 aromatic heterocycles. The number of thiazole rings is 1. The Morgan fingerprint density at radius 1 is 1.47 bits per heavy atom. The molecule has 2 N–H and O–H groups in total. The Balaban J connectivity index is 1.99. The van der Waals surface area contributed by atoms with E-state index in [1.807, 2.05) is 23.3 Å². The zero-order chi connectivity index (χ0) is 13.4. The van der Waals surface area contributed by atoms with Crippen molar-refractivity contribution < 1.29 is 4.39 Å². The molecule has 2 heterocycles. The molecule has 1 atom stereocenters. The minimum Gasteiger partial charge on any atom is -0.369 e. The average molecular weight is 276 g/mol. The van der Waals surface area contributed by atoms with Crippen LogP contribution in [0.3, 0.4) is 0 Å². The number of hydrogen-bond donors (Lipinski definition) is 1. The molecule has 0 aliphatic carbocycles. The highest BCUT2D eigenvalue weighted by Crippen LogP contribution is 2.31. The molecule has 2 aromatic rings. The molecule has 0 amide bonds. The van der Waals surface area contributed by atoms with Crippen LogP contribution in [0.2, 0.25) is 0 Å². The minimum absolute atomic E-state index is 0.0493. The summed E-state index contributed by atoms with van der Waals surface area (Å²) in [4.78, 5) is 10.6. The van der Waals surface area contributed by atoms with Crippen molar-refractivity contribution in [2.75, 3.05) is 11.4 Å². The second-order valence-electron chi connectivity index (χ2n) is 4.36. The van der Waals surface area contributed by atoms with Crippen molar-refractivity contribution in [2.24, 2.45) is 10.7 Å². The van der Waals surface area contributed by atoms with Gasteiger partial charge in [-0.3, -0.25) is 4.99 Å². The first-order valence-electron chi connectivity index (χ1n) is 5.92. The third kappa shape index (κ3) is 2.19. The molecule has 0 saturated carbocycles. The number of guanidine groups is 1. The molecule has 98 valence electrons. The first kappa shape index (κ1) is 12.1. The molecule has 1 aromatic carbocycles. The van der Waals surface area contributed by atoms with E-state index >= 15 is 0 Å². The number of halogens is 1. The normalized spacial score (nSPS) is 18.7. The largest absolute Gasteiger partial charge is 0.369 e. The van der Waals surface area contributed by atoms with Crippen LogP contribution in [-0.4, -0.2) is 17.5 Å². The first-order valence-corrected chi connectivity index (χ1v) is 6.80. The van der Waals surface area contributed by atoms with Crippen molar-refractivity contribution in [2.45, 2.75) is 13.0 Å². The lowest BCUT2D eigenvalue weighted by atomic mass is 10.2. The maximum atomic E-state index is 13.4. The highest BCUT2D eigenvalue weighted by molar-refractivity contribution is 7.09. The molecule has 3 rings (SSSR count). The number of nitrogens with zero attached hydrogens (tertiary/aromatic N) is 3. The summed E-state index contributed by atoms with van der Waals surface area (Å²) in [5, 5.41) is 3.00. The molecule has 0 fully saturated rings. The topological polar surface area (TPSA) is 54.5 Å². The maximum absolute atomic E-state index is 13.4. The predicted molar refractivity (Wildman–Crippen MR) is 75.0 cm³/mol. The summed E-state index contributed by atoms with van der Waals surface area (Å²) >= 11 is 1.59. The lowest BCUT2D eigenvalue weighted by molar-refractivity contribution is 0.626. The van der Waals surface area contributed by atoms with Crippen LogP contribution in [0, 0.1) is 12.7 Å². The van der Waals surface area contributed by atoms with Crippen LogP contribution in [-0.2, 0) is 0 Å². The average Bonchev–Trinajstić information content (AvgIpc) is 2.95. The summed E-state index contributed by atoms with van der Waals surface area (Å²) in [7, 11) is 0. The lowest BCUT2D eigenvalue weighted by Crippen LogP contribution is -2.36. The fourth-order valence-electron chi connectivity index (χ4n) is 2.19. The van der Waals surface area contributed by atoms with Gasteiger partial charge < -0.3 is 10.6 Å². The van der Waals surface area contributed by atoms with Gasteiger partial charge in [-0.1, -0.05) is 6.07 Å². The van der Waals surface area contributed by atoms with Crippen molar-refractivity contribution in [1.82, 2.24) is 4.98 Å². The lowest BCUT2D eigenvalue weighted by Gasteiger charge is -2.25. The van der Waals surface area contributed by atoms with E-state index in [-0.39, 0.29) is 11.9 Å². The van der Waals surface area contributed by atoms with Crippen LogP contribution in [0.5, 0.6) is 0 Å². The fourth-order valence-corrected chi connectivity index (χ4v) is 2.85. The van der Waals surface area contributed by atoms with Gasteiger partial charge in [0.15, 0.2) is 5.96 Å². The number of benzene rings is 1. The van der Waals surface area contributed by atoms with Gasteiger partial charge in [0, 0.05) is 11.1 Å². The van der Waals surface area contributed by atoms with Crippen molar-refractivity contribution in [1.29, 1.82) is 0 Å². The summed E-state index contributed by atoms with van der Waals surface area (Å²) in [6.07, 6.45) is 0. The number of aromatic nitrogens is 1. The van der Waals surface area contributed by atoms with Crippen molar-refractivity contribution in [3.05, 3.63) is 46.2 Å². The number of nitrogens with two attached hydrogens (primary N) is 1. The van der Waals surface area contributed by atoms with Crippen molar-refractivity contribution >= 4 is 23.0 Å². The number of hydrogen-bond acceptors (Lipinski definition) is 5. The smallest absolute Gasteiger partial charge is 0.196 e. The molecule has 0 spiro atoms. The number of anilines is 1. The summed E-state index contributed by atoms with van der Waals surface area (Å²) in [5.74, 6) is 0.117. The van der Waals surface area contributed by atoms with Crippen LogP contribution in [0.1, 0.15) is 16.7 Å². The fraction of sp³-hybridized carbons (Fsp3) is 0.231. The van der Waals surface area contributed by atoms with E-state index in [0.717, 1.165) is 10.7 Å². The van der Waals surface area contributed by atoms with E-state index in [4.69, 9.17) is 5.73 Å². The highest BCUT2D eigenvalue weighted by Gasteiger charge is 2.30. The van der Waals surface area contributed by atoms with Gasteiger partial charge >= 0.3 is 0 Å². The van der Waals surface area contributed by atoms with E-state index < -0.39 is 0 Å². The van der Waals surface area contributed by atoms with E-state index in [9.17, 15) is 4.39 Å². The van der Waals surface area contributed by atoms with Gasteiger partial charge in [0.1, 0.15) is 5.82 Å². The van der Waals surface area contributed by atoms with Crippen LogP contribution < -0.4 is 10.6 Å². The van der Waals surface area contributed by atoms with Crippen LogP contribution >= 0.6 is 11.3 Å². The summed E-state index contributed by atoms with van der Waals surface area (Å²) in [6, 6.07) is 6.31. The van der Waals surface area contributed by atoms with E-state index in [1.165, 1.54) is 12.1 Å². The summed E-state index contributed by atoms with van der Waals surface area (Å²) in [6.45, 7) is 2.51. The Kier molecular flexibility index (Phi) is 2.94. The first-order chi connectivity index (χ1) is 9.15. The SMILES string of the molecule is Cc1nc(C2CN=C(N)N2c2cccc(F)c2)cs1. The Hall–Kier alpha value is -1.95. The predicted octanol–water partition coefficient (Wildman–Crippen LogP) is 2.47. The minimum atomic E-state index is -0.287. The second-order valence-corrected chi connectivity index (χ2v) is 5.42. The molecule has 0 bridgehead atoms. The third-order valence-electron chi connectivity index (χ3n) is 3.05. The maximum Gasteiger partial charge on any atom is 0.196 e. The molecule has 19 heavy (non-hydrogen) atoms. The summed E-state index contributed by atoms with van der Waals surface area (Å²) in [5.41, 5.74) is 7.55.